The van der Waals surface area contributed by atoms with Crippen LogP contribution < -0.4 is 5.56 Å². The molecule has 0 spiro atoms. The van der Waals surface area contributed by atoms with Gasteiger partial charge >= 0.3 is 6.18 Å². The van der Waals surface area contributed by atoms with E-state index in [4.69, 9.17) is 16.9 Å². The molecule has 0 bridgehead atoms. The van der Waals surface area contributed by atoms with Gasteiger partial charge in [0.2, 0.25) is 0 Å². The topological polar surface area (TPSA) is 73.9 Å². The first-order valence-corrected chi connectivity index (χ1v) is 8.65. The summed E-state index contributed by atoms with van der Waals surface area (Å²) in [6.45, 7) is 0. The molecule has 0 unspecified atom stereocenters. The molecular formula is C20H10ClF3N4O. The molecule has 0 aliphatic heterocycles. The highest BCUT2D eigenvalue weighted by Crippen LogP contribution is 2.38. The molecule has 2 aromatic carbocycles. The van der Waals surface area contributed by atoms with E-state index in [1.54, 1.807) is 24.3 Å². The van der Waals surface area contributed by atoms with Crippen molar-refractivity contribution >= 4 is 17.2 Å². The maximum atomic E-state index is 13.6. The summed E-state index contributed by atoms with van der Waals surface area (Å²) in [7, 11) is 0. The Balaban J connectivity index is 2.02. The SMILES string of the molecule is N#Cc1ccc(-c2cc(=O)n3nc(C(F)(F)F)c(-c4ccc(Cl)cc4)c3[nH]2)cc1. The van der Waals surface area contributed by atoms with Crippen molar-refractivity contribution in [2.45, 2.75) is 6.18 Å². The van der Waals surface area contributed by atoms with E-state index in [2.05, 4.69) is 10.1 Å². The highest BCUT2D eigenvalue weighted by Gasteiger charge is 2.39. The minimum atomic E-state index is -4.77. The zero-order chi connectivity index (χ0) is 20.8. The summed E-state index contributed by atoms with van der Waals surface area (Å²) >= 11 is 5.85. The van der Waals surface area contributed by atoms with E-state index in [0.29, 0.717) is 26.4 Å². The second-order valence-electron chi connectivity index (χ2n) is 6.20. The fourth-order valence-corrected chi connectivity index (χ4v) is 3.14. The van der Waals surface area contributed by atoms with E-state index in [1.807, 2.05) is 6.07 Å². The molecule has 0 atom stereocenters. The molecule has 5 nitrogen and oxygen atoms in total. The lowest BCUT2D eigenvalue weighted by molar-refractivity contribution is -0.140. The average molecular weight is 415 g/mol. The van der Waals surface area contributed by atoms with Crippen molar-refractivity contribution in [1.82, 2.24) is 14.6 Å². The summed E-state index contributed by atoms with van der Waals surface area (Å²) in [5, 5.41) is 12.8. The van der Waals surface area contributed by atoms with E-state index in [-0.39, 0.29) is 16.8 Å². The molecule has 144 valence electrons. The second-order valence-corrected chi connectivity index (χ2v) is 6.64. The van der Waals surface area contributed by atoms with Gasteiger partial charge in [-0.25, -0.2) is 0 Å². The summed E-state index contributed by atoms with van der Waals surface area (Å²) in [5.74, 6) is 0. The molecule has 0 aliphatic rings. The Morgan fingerprint density at radius 2 is 1.66 bits per heavy atom. The molecule has 4 aromatic rings. The number of hydrogen-bond acceptors (Lipinski definition) is 3. The second kappa shape index (κ2) is 6.79. The van der Waals surface area contributed by atoms with Gasteiger partial charge in [0.1, 0.15) is 5.65 Å². The molecule has 1 N–H and O–H groups in total. The van der Waals surface area contributed by atoms with Crippen LogP contribution in [0.1, 0.15) is 11.3 Å². The zero-order valence-corrected chi connectivity index (χ0v) is 15.2. The van der Waals surface area contributed by atoms with Crippen LogP contribution in [0.2, 0.25) is 5.02 Å². The number of H-pyrrole nitrogens is 1. The van der Waals surface area contributed by atoms with Gasteiger partial charge in [-0.05, 0) is 35.4 Å². The number of nitrogens with zero attached hydrogens (tertiary/aromatic N) is 3. The number of nitrogens with one attached hydrogen (secondary N) is 1. The number of hydrogen-bond donors (Lipinski definition) is 1. The Labute approximate surface area is 166 Å². The Morgan fingerprint density at radius 1 is 1.03 bits per heavy atom. The van der Waals surface area contributed by atoms with Gasteiger partial charge in [-0.2, -0.15) is 28.0 Å². The fraction of sp³-hybridized carbons (Fsp3) is 0.0500. The van der Waals surface area contributed by atoms with Gasteiger partial charge in [-0.15, -0.1) is 0 Å². The largest absolute Gasteiger partial charge is 0.435 e. The number of alkyl halides is 3. The smallest absolute Gasteiger partial charge is 0.339 e. The molecule has 0 radical (unpaired) electrons. The van der Waals surface area contributed by atoms with Gasteiger partial charge in [-0.3, -0.25) is 4.79 Å². The van der Waals surface area contributed by atoms with Crippen molar-refractivity contribution in [2.24, 2.45) is 0 Å². The van der Waals surface area contributed by atoms with Crippen LogP contribution in [-0.4, -0.2) is 14.6 Å². The lowest BCUT2D eigenvalue weighted by Crippen LogP contribution is -2.15. The molecule has 0 amide bonds. The Bertz CT molecular complexity index is 1310. The van der Waals surface area contributed by atoms with E-state index in [0.717, 1.165) is 6.07 Å². The highest BCUT2D eigenvalue weighted by molar-refractivity contribution is 6.30. The number of aromatic nitrogens is 3. The van der Waals surface area contributed by atoms with Crippen LogP contribution in [-0.2, 0) is 6.18 Å². The highest BCUT2D eigenvalue weighted by atomic mass is 35.5. The van der Waals surface area contributed by atoms with E-state index >= 15 is 0 Å². The van der Waals surface area contributed by atoms with Gasteiger partial charge in [0.15, 0.2) is 5.69 Å². The fourth-order valence-electron chi connectivity index (χ4n) is 3.01. The number of aromatic amines is 1. The number of fused-ring (bicyclic) bond motifs is 1. The predicted octanol–water partition coefficient (Wildman–Crippen LogP) is 4.90. The first-order chi connectivity index (χ1) is 13.8. The van der Waals surface area contributed by atoms with Crippen LogP contribution in [0.15, 0.2) is 59.4 Å². The molecule has 9 heteroatoms. The molecule has 0 saturated carbocycles. The van der Waals surface area contributed by atoms with Gasteiger partial charge in [0.25, 0.3) is 5.56 Å². The normalized spacial score (nSPS) is 11.6. The summed E-state index contributed by atoms with van der Waals surface area (Å²) in [6.07, 6.45) is -4.77. The Kier molecular flexibility index (Phi) is 4.40. The van der Waals surface area contributed by atoms with E-state index in [1.165, 1.54) is 24.3 Å². The van der Waals surface area contributed by atoms with Crippen molar-refractivity contribution in [3.8, 4) is 28.5 Å². The van der Waals surface area contributed by atoms with Crippen molar-refractivity contribution in [3.63, 3.8) is 0 Å². The van der Waals surface area contributed by atoms with Crippen LogP contribution in [0.5, 0.6) is 0 Å². The van der Waals surface area contributed by atoms with Crippen molar-refractivity contribution in [3.05, 3.63) is 81.2 Å². The van der Waals surface area contributed by atoms with E-state index in [9.17, 15) is 18.0 Å². The van der Waals surface area contributed by atoms with Crippen LogP contribution in [0.3, 0.4) is 0 Å². The Morgan fingerprint density at radius 3 is 2.24 bits per heavy atom. The van der Waals surface area contributed by atoms with Crippen LogP contribution in [0, 0.1) is 11.3 Å². The molecule has 0 saturated heterocycles. The predicted molar refractivity (Wildman–Crippen MR) is 101 cm³/mol. The third-order valence-electron chi connectivity index (χ3n) is 4.34. The molecule has 29 heavy (non-hydrogen) atoms. The summed E-state index contributed by atoms with van der Waals surface area (Å²) < 4.78 is 41.6. The summed E-state index contributed by atoms with van der Waals surface area (Å²) in [6, 6.07) is 15.2. The molecule has 2 aromatic heterocycles. The number of rotatable bonds is 2. The standard InChI is InChI=1S/C20H10ClF3N4O/c21-14-7-5-13(6-8-14)17-18(20(22,23)24)27-28-16(29)9-15(26-19(17)28)12-3-1-11(10-25)2-4-12/h1-9,26H. The number of nitriles is 1. The summed E-state index contributed by atoms with van der Waals surface area (Å²) in [5.41, 5.74) is -0.759. The first kappa shape index (κ1) is 18.8. The lowest BCUT2D eigenvalue weighted by Gasteiger charge is -2.07. The van der Waals surface area contributed by atoms with Crippen LogP contribution >= 0.6 is 11.6 Å². The Hall–Kier alpha value is -3.57. The van der Waals surface area contributed by atoms with Crippen molar-refractivity contribution in [2.75, 3.05) is 0 Å². The molecular weight excluding hydrogens is 405 g/mol. The zero-order valence-electron chi connectivity index (χ0n) is 14.5. The maximum Gasteiger partial charge on any atom is 0.435 e. The molecule has 0 aliphatic carbocycles. The van der Waals surface area contributed by atoms with E-state index < -0.39 is 17.4 Å². The minimum absolute atomic E-state index is 0.0912. The quantitative estimate of drug-likeness (QED) is 0.507. The monoisotopic (exact) mass is 414 g/mol. The van der Waals surface area contributed by atoms with Gasteiger partial charge in [0.05, 0.1) is 22.9 Å². The van der Waals surface area contributed by atoms with Crippen LogP contribution in [0.25, 0.3) is 28.0 Å². The summed E-state index contributed by atoms with van der Waals surface area (Å²) in [4.78, 5) is 15.4. The van der Waals surface area contributed by atoms with Crippen molar-refractivity contribution < 1.29 is 13.2 Å². The third kappa shape index (κ3) is 3.37. The maximum absolute atomic E-state index is 13.6. The number of benzene rings is 2. The third-order valence-corrected chi connectivity index (χ3v) is 4.59. The molecule has 2 heterocycles. The van der Waals surface area contributed by atoms with Gasteiger partial charge in [0, 0.05) is 11.1 Å². The minimum Gasteiger partial charge on any atom is -0.339 e. The molecule has 0 fully saturated rings. The van der Waals surface area contributed by atoms with Crippen LogP contribution in [0.4, 0.5) is 13.2 Å². The van der Waals surface area contributed by atoms with Gasteiger partial charge in [-0.1, -0.05) is 35.9 Å². The lowest BCUT2D eigenvalue weighted by atomic mass is 10.1. The molecule has 4 rings (SSSR count). The average Bonchev–Trinajstić information content (AvgIpc) is 3.09. The van der Waals surface area contributed by atoms with Gasteiger partial charge < -0.3 is 4.98 Å². The number of halogens is 4. The first-order valence-electron chi connectivity index (χ1n) is 8.27. The van der Waals surface area contributed by atoms with Crippen molar-refractivity contribution in [1.29, 1.82) is 5.26 Å².